The molecule has 6 nitrogen and oxygen atoms in total. The van der Waals surface area contributed by atoms with Gasteiger partial charge in [-0.05, 0) is 30.3 Å². The maximum Gasteiger partial charge on any atom is 0.308 e. The molecule has 1 saturated heterocycles. The zero-order valence-corrected chi connectivity index (χ0v) is 13.7. The molecule has 3 aromatic rings. The molecule has 0 saturated carbocycles. The Bertz CT molecular complexity index is 998. The summed E-state index contributed by atoms with van der Waals surface area (Å²) in [6.07, 6.45) is 0.0114. The molecule has 1 unspecified atom stereocenters. The lowest BCUT2D eigenvalue weighted by Gasteiger charge is -2.15. The molecule has 2 heterocycles. The van der Waals surface area contributed by atoms with E-state index in [1.165, 1.54) is 4.90 Å². The molecule has 1 atom stereocenters. The number of hydrogen-bond acceptors (Lipinski definition) is 4. The molecule has 0 bridgehead atoms. The molecule has 1 N–H and O–H groups in total. The van der Waals surface area contributed by atoms with E-state index in [1.54, 1.807) is 30.3 Å². The summed E-state index contributed by atoms with van der Waals surface area (Å²) in [6.45, 7) is 0.162. The summed E-state index contributed by atoms with van der Waals surface area (Å²) < 4.78 is 5.79. The molecule has 0 aliphatic carbocycles. The number of amides is 1. The number of fused-ring (bicyclic) bond motifs is 1. The maximum absolute atomic E-state index is 12.1. The Hall–Kier alpha value is -2.86. The molecule has 1 aliphatic rings. The van der Waals surface area contributed by atoms with E-state index in [0.717, 1.165) is 5.56 Å². The van der Waals surface area contributed by atoms with Crippen molar-refractivity contribution in [3.05, 3.63) is 47.5 Å². The molecule has 1 amide bonds. The molecule has 1 fully saturated rings. The number of carboxylic acid groups (broad SMARTS) is 1. The van der Waals surface area contributed by atoms with Crippen molar-refractivity contribution in [3.8, 4) is 11.5 Å². The summed E-state index contributed by atoms with van der Waals surface area (Å²) >= 11 is 6.00. The van der Waals surface area contributed by atoms with Crippen LogP contribution in [0.3, 0.4) is 0 Å². The van der Waals surface area contributed by atoms with Crippen molar-refractivity contribution in [1.29, 1.82) is 0 Å². The maximum atomic E-state index is 12.1. The van der Waals surface area contributed by atoms with Gasteiger partial charge in [0, 0.05) is 35.3 Å². The highest BCUT2D eigenvalue weighted by Crippen LogP contribution is 2.31. The Morgan fingerprint density at radius 3 is 2.84 bits per heavy atom. The van der Waals surface area contributed by atoms with Crippen LogP contribution in [0.5, 0.6) is 0 Å². The number of halogens is 1. The molecule has 4 rings (SSSR count). The Balaban J connectivity index is 1.69. The van der Waals surface area contributed by atoms with E-state index in [0.29, 0.717) is 27.7 Å². The average Bonchev–Trinajstić information content (AvgIpc) is 3.17. The smallest absolute Gasteiger partial charge is 0.308 e. The van der Waals surface area contributed by atoms with Gasteiger partial charge in [-0.2, -0.15) is 0 Å². The number of nitrogens with zero attached hydrogens (tertiary/aromatic N) is 2. The standard InChI is InChI=1S/C18H13ClN2O4/c19-12-3-1-2-10(6-12)17-20-14-5-4-13(8-15(14)25-17)21-9-11(18(23)24)7-16(21)22/h1-6,8,11H,7,9H2,(H,23,24). The van der Waals surface area contributed by atoms with E-state index in [2.05, 4.69) is 4.98 Å². The Morgan fingerprint density at radius 1 is 1.28 bits per heavy atom. The number of oxazole rings is 1. The lowest BCUT2D eigenvalue weighted by atomic mass is 10.1. The van der Waals surface area contributed by atoms with Crippen molar-refractivity contribution < 1.29 is 19.1 Å². The summed E-state index contributed by atoms with van der Waals surface area (Å²) in [6, 6.07) is 12.4. The number of rotatable bonds is 3. The van der Waals surface area contributed by atoms with Crippen LogP contribution in [0.25, 0.3) is 22.6 Å². The van der Waals surface area contributed by atoms with Gasteiger partial charge in [-0.1, -0.05) is 17.7 Å². The quantitative estimate of drug-likeness (QED) is 0.775. The van der Waals surface area contributed by atoms with Crippen LogP contribution in [0, 0.1) is 5.92 Å². The predicted molar refractivity (Wildman–Crippen MR) is 92.6 cm³/mol. The van der Waals surface area contributed by atoms with E-state index < -0.39 is 11.9 Å². The third kappa shape index (κ3) is 2.85. The van der Waals surface area contributed by atoms with Crippen molar-refractivity contribution in [2.24, 2.45) is 5.92 Å². The van der Waals surface area contributed by atoms with E-state index in [-0.39, 0.29) is 18.9 Å². The van der Waals surface area contributed by atoms with Crippen molar-refractivity contribution in [2.45, 2.75) is 6.42 Å². The Morgan fingerprint density at radius 2 is 2.12 bits per heavy atom. The Labute approximate surface area is 147 Å². The van der Waals surface area contributed by atoms with Crippen LogP contribution < -0.4 is 4.90 Å². The first-order valence-electron chi connectivity index (χ1n) is 7.71. The average molecular weight is 357 g/mol. The second kappa shape index (κ2) is 5.89. The van der Waals surface area contributed by atoms with Gasteiger partial charge < -0.3 is 14.4 Å². The summed E-state index contributed by atoms with van der Waals surface area (Å²) in [5.74, 6) is -1.41. The van der Waals surface area contributed by atoms with Gasteiger partial charge in [-0.25, -0.2) is 4.98 Å². The van der Waals surface area contributed by atoms with Gasteiger partial charge in [0.2, 0.25) is 11.8 Å². The molecule has 0 spiro atoms. The first kappa shape index (κ1) is 15.7. The molecular formula is C18H13ClN2O4. The van der Waals surface area contributed by atoms with Gasteiger partial charge in [-0.15, -0.1) is 0 Å². The van der Waals surface area contributed by atoms with Crippen molar-refractivity contribution >= 4 is 40.3 Å². The largest absolute Gasteiger partial charge is 0.481 e. The lowest BCUT2D eigenvalue weighted by molar-refractivity contribution is -0.141. The summed E-state index contributed by atoms with van der Waals surface area (Å²) in [4.78, 5) is 29.1. The van der Waals surface area contributed by atoms with Gasteiger partial charge in [0.15, 0.2) is 5.58 Å². The molecule has 2 aromatic carbocycles. The summed E-state index contributed by atoms with van der Waals surface area (Å²) in [5, 5.41) is 9.69. The van der Waals surface area contributed by atoms with E-state index in [1.807, 2.05) is 12.1 Å². The zero-order chi connectivity index (χ0) is 17.6. The monoisotopic (exact) mass is 356 g/mol. The van der Waals surface area contributed by atoms with Gasteiger partial charge in [0.1, 0.15) is 5.52 Å². The minimum absolute atomic E-state index is 0.0114. The SMILES string of the molecule is O=C(O)C1CC(=O)N(c2ccc3nc(-c4cccc(Cl)c4)oc3c2)C1. The number of aliphatic carboxylic acids is 1. The normalized spacial score (nSPS) is 17.4. The second-order valence-corrected chi connectivity index (χ2v) is 6.36. The molecule has 1 aromatic heterocycles. The molecule has 126 valence electrons. The van der Waals surface area contributed by atoms with Crippen molar-refractivity contribution in [1.82, 2.24) is 4.98 Å². The van der Waals surface area contributed by atoms with Gasteiger partial charge in [0.25, 0.3) is 0 Å². The van der Waals surface area contributed by atoms with Crippen LogP contribution >= 0.6 is 11.6 Å². The highest BCUT2D eigenvalue weighted by Gasteiger charge is 2.35. The van der Waals surface area contributed by atoms with Crippen LogP contribution in [0.1, 0.15) is 6.42 Å². The third-order valence-corrected chi connectivity index (χ3v) is 4.46. The molecule has 1 aliphatic heterocycles. The first-order valence-corrected chi connectivity index (χ1v) is 8.09. The Kier molecular flexibility index (Phi) is 3.69. The van der Waals surface area contributed by atoms with Crippen LogP contribution in [0.2, 0.25) is 5.02 Å². The first-order chi connectivity index (χ1) is 12.0. The molecule has 25 heavy (non-hydrogen) atoms. The van der Waals surface area contributed by atoms with E-state index in [9.17, 15) is 9.59 Å². The lowest BCUT2D eigenvalue weighted by Crippen LogP contribution is -2.25. The second-order valence-electron chi connectivity index (χ2n) is 5.93. The fourth-order valence-corrected chi connectivity index (χ4v) is 3.14. The van der Waals surface area contributed by atoms with Crippen LogP contribution in [0.4, 0.5) is 5.69 Å². The fraction of sp³-hybridized carbons (Fsp3) is 0.167. The third-order valence-electron chi connectivity index (χ3n) is 4.23. The number of anilines is 1. The minimum Gasteiger partial charge on any atom is -0.481 e. The van der Waals surface area contributed by atoms with Gasteiger partial charge in [0.05, 0.1) is 5.92 Å². The van der Waals surface area contributed by atoms with Gasteiger partial charge >= 0.3 is 5.97 Å². The van der Waals surface area contributed by atoms with Crippen LogP contribution in [0.15, 0.2) is 46.9 Å². The number of hydrogen-bond donors (Lipinski definition) is 1. The highest BCUT2D eigenvalue weighted by atomic mass is 35.5. The number of benzene rings is 2. The van der Waals surface area contributed by atoms with Crippen LogP contribution in [-0.2, 0) is 9.59 Å². The number of carboxylic acids is 1. The summed E-state index contributed by atoms with van der Waals surface area (Å²) in [5.41, 5.74) is 2.54. The molecule has 0 radical (unpaired) electrons. The van der Waals surface area contributed by atoms with E-state index in [4.69, 9.17) is 21.1 Å². The topological polar surface area (TPSA) is 83.6 Å². The number of carbonyl (C=O) groups excluding carboxylic acids is 1. The number of aromatic nitrogens is 1. The highest BCUT2D eigenvalue weighted by molar-refractivity contribution is 6.30. The molecular weight excluding hydrogens is 344 g/mol. The number of carbonyl (C=O) groups is 2. The van der Waals surface area contributed by atoms with Gasteiger partial charge in [-0.3, -0.25) is 9.59 Å². The van der Waals surface area contributed by atoms with Crippen molar-refractivity contribution in [2.75, 3.05) is 11.4 Å². The van der Waals surface area contributed by atoms with E-state index >= 15 is 0 Å². The zero-order valence-electron chi connectivity index (χ0n) is 13.0. The van der Waals surface area contributed by atoms with Crippen LogP contribution in [-0.4, -0.2) is 28.5 Å². The molecule has 7 heteroatoms. The predicted octanol–water partition coefficient (Wildman–Crippen LogP) is 3.59. The van der Waals surface area contributed by atoms with Crippen molar-refractivity contribution in [3.63, 3.8) is 0 Å². The minimum atomic E-state index is -0.958. The fourth-order valence-electron chi connectivity index (χ4n) is 2.95. The summed E-state index contributed by atoms with van der Waals surface area (Å²) in [7, 11) is 0.